The van der Waals surface area contributed by atoms with Crippen LogP contribution in [-0.4, -0.2) is 52.9 Å². The van der Waals surface area contributed by atoms with Crippen LogP contribution in [0.5, 0.6) is 0 Å². The number of likely N-dealkylation sites (N-methyl/N-ethyl adjacent to an activating group) is 1. The van der Waals surface area contributed by atoms with Gasteiger partial charge >= 0.3 is 0 Å². The maximum atomic E-state index is 14.1. The molecule has 3 aromatic rings. The van der Waals surface area contributed by atoms with Crippen LogP contribution < -0.4 is 0 Å². The molecule has 0 fully saturated rings. The number of aromatic nitrogens is 2. The Morgan fingerprint density at radius 1 is 1.00 bits per heavy atom. The molecule has 0 bridgehead atoms. The molecule has 0 aliphatic heterocycles. The number of rotatable bonds is 6. The van der Waals surface area contributed by atoms with Gasteiger partial charge in [0.05, 0.1) is 5.52 Å². The van der Waals surface area contributed by atoms with Crippen LogP contribution in [0, 0.1) is 5.82 Å². The van der Waals surface area contributed by atoms with Gasteiger partial charge in [-0.05, 0) is 38.4 Å². The normalized spacial score (nSPS) is 11.1. The Bertz CT molecular complexity index is 908. The maximum absolute atomic E-state index is 14.1. The summed E-state index contributed by atoms with van der Waals surface area (Å²) in [5.41, 5.74) is 1.54. The first-order valence-electron chi connectivity index (χ1n) is 8.43. The number of carbonyl (C=O) groups is 1. The van der Waals surface area contributed by atoms with E-state index in [9.17, 15) is 9.18 Å². The standard InChI is InChI=1S/C20H21FN4O/c1-24(2)12-13-25(14-15-6-3-4-8-17(15)21)20(26)19-16-7-5-10-22-18(16)9-11-23-19/h3-11H,12-14H2,1-2H3. The van der Waals surface area contributed by atoms with E-state index in [2.05, 4.69) is 9.97 Å². The number of hydrogen-bond donors (Lipinski definition) is 0. The van der Waals surface area contributed by atoms with E-state index in [0.29, 0.717) is 35.2 Å². The number of pyridine rings is 2. The molecule has 0 atom stereocenters. The Labute approximate surface area is 152 Å². The zero-order valence-electron chi connectivity index (χ0n) is 14.9. The predicted octanol–water partition coefficient (Wildman–Crippen LogP) is 2.97. The van der Waals surface area contributed by atoms with Crippen molar-refractivity contribution in [3.05, 3.63) is 71.9 Å². The minimum absolute atomic E-state index is 0.192. The molecule has 2 aromatic heterocycles. The molecule has 1 amide bonds. The van der Waals surface area contributed by atoms with E-state index in [0.717, 1.165) is 0 Å². The number of hydrogen-bond acceptors (Lipinski definition) is 4. The van der Waals surface area contributed by atoms with Gasteiger partial charge in [0.25, 0.3) is 5.91 Å². The highest BCUT2D eigenvalue weighted by Crippen LogP contribution is 2.18. The summed E-state index contributed by atoms with van der Waals surface area (Å²) >= 11 is 0. The van der Waals surface area contributed by atoms with Crippen LogP contribution in [0.3, 0.4) is 0 Å². The molecule has 0 saturated carbocycles. The number of halogens is 1. The van der Waals surface area contributed by atoms with Crippen molar-refractivity contribution in [1.82, 2.24) is 19.8 Å². The van der Waals surface area contributed by atoms with Gasteiger partial charge in [-0.25, -0.2) is 4.39 Å². The lowest BCUT2D eigenvalue weighted by Gasteiger charge is -2.25. The molecule has 0 aliphatic carbocycles. The van der Waals surface area contributed by atoms with Crippen molar-refractivity contribution in [3.8, 4) is 0 Å². The van der Waals surface area contributed by atoms with Gasteiger partial charge in [-0.1, -0.05) is 18.2 Å². The molecular weight excluding hydrogens is 331 g/mol. The largest absolute Gasteiger partial charge is 0.332 e. The molecule has 1 aromatic carbocycles. The number of amides is 1. The molecular formula is C20H21FN4O. The predicted molar refractivity (Wildman–Crippen MR) is 99.2 cm³/mol. The van der Waals surface area contributed by atoms with E-state index >= 15 is 0 Å². The lowest BCUT2D eigenvalue weighted by atomic mass is 10.1. The van der Waals surface area contributed by atoms with Crippen molar-refractivity contribution in [1.29, 1.82) is 0 Å². The lowest BCUT2D eigenvalue weighted by molar-refractivity contribution is 0.0726. The highest BCUT2D eigenvalue weighted by atomic mass is 19.1. The summed E-state index contributed by atoms with van der Waals surface area (Å²) < 4.78 is 14.1. The third kappa shape index (κ3) is 4.03. The first-order chi connectivity index (χ1) is 12.6. The Hall–Kier alpha value is -2.86. The van der Waals surface area contributed by atoms with E-state index in [-0.39, 0.29) is 18.3 Å². The van der Waals surface area contributed by atoms with Gasteiger partial charge in [0.15, 0.2) is 0 Å². The molecule has 2 heterocycles. The van der Waals surface area contributed by atoms with Crippen molar-refractivity contribution in [2.45, 2.75) is 6.54 Å². The van der Waals surface area contributed by atoms with Crippen molar-refractivity contribution in [3.63, 3.8) is 0 Å². The van der Waals surface area contributed by atoms with E-state index in [4.69, 9.17) is 0 Å². The second kappa shape index (κ2) is 8.01. The number of benzene rings is 1. The Morgan fingerprint density at radius 3 is 2.58 bits per heavy atom. The zero-order chi connectivity index (χ0) is 18.5. The van der Waals surface area contributed by atoms with Crippen LogP contribution in [0.15, 0.2) is 54.9 Å². The van der Waals surface area contributed by atoms with Crippen LogP contribution in [0.4, 0.5) is 4.39 Å². The smallest absolute Gasteiger partial charge is 0.273 e. The molecule has 3 rings (SSSR count). The summed E-state index contributed by atoms with van der Waals surface area (Å²) in [6.45, 7) is 1.33. The molecule has 0 spiro atoms. The van der Waals surface area contributed by atoms with Crippen LogP contribution in [0.2, 0.25) is 0 Å². The lowest BCUT2D eigenvalue weighted by Crippen LogP contribution is -2.37. The van der Waals surface area contributed by atoms with Crippen molar-refractivity contribution in [2.75, 3.05) is 27.2 Å². The second-order valence-electron chi connectivity index (χ2n) is 6.35. The molecule has 0 unspecified atom stereocenters. The van der Waals surface area contributed by atoms with Crippen molar-refractivity contribution in [2.24, 2.45) is 0 Å². The first kappa shape index (κ1) is 17.9. The third-order valence-corrected chi connectivity index (χ3v) is 4.16. The molecule has 26 heavy (non-hydrogen) atoms. The van der Waals surface area contributed by atoms with Gasteiger partial charge in [0.2, 0.25) is 0 Å². The van der Waals surface area contributed by atoms with Crippen molar-refractivity contribution >= 4 is 16.8 Å². The average molecular weight is 352 g/mol. The van der Waals surface area contributed by atoms with E-state index < -0.39 is 0 Å². The Morgan fingerprint density at radius 2 is 1.81 bits per heavy atom. The fourth-order valence-electron chi connectivity index (χ4n) is 2.73. The van der Waals surface area contributed by atoms with Gasteiger partial charge in [-0.15, -0.1) is 0 Å². The minimum atomic E-state index is -0.317. The summed E-state index contributed by atoms with van der Waals surface area (Å²) in [5, 5.41) is 0.698. The van der Waals surface area contributed by atoms with Gasteiger partial charge in [-0.2, -0.15) is 0 Å². The highest BCUT2D eigenvalue weighted by molar-refractivity contribution is 6.04. The third-order valence-electron chi connectivity index (χ3n) is 4.16. The monoisotopic (exact) mass is 352 g/mol. The molecule has 0 N–H and O–H groups in total. The molecule has 0 aliphatic rings. The van der Waals surface area contributed by atoms with Crippen LogP contribution in [0.1, 0.15) is 16.1 Å². The van der Waals surface area contributed by atoms with Crippen molar-refractivity contribution < 1.29 is 9.18 Å². The molecule has 5 nitrogen and oxygen atoms in total. The fourth-order valence-corrected chi connectivity index (χ4v) is 2.73. The second-order valence-corrected chi connectivity index (χ2v) is 6.35. The van der Waals surface area contributed by atoms with Gasteiger partial charge in [0, 0.05) is 43.0 Å². The highest BCUT2D eigenvalue weighted by Gasteiger charge is 2.21. The summed E-state index contributed by atoms with van der Waals surface area (Å²) in [6.07, 6.45) is 3.26. The van der Waals surface area contributed by atoms with Crippen LogP contribution in [-0.2, 0) is 6.54 Å². The minimum Gasteiger partial charge on any atom is -0.332 e. The van der Waals surface area contributed by atoms with Gasteiger partial charge < -0.3 is 9.80 Å². The molecule has 6 heteroatoms. The quantitative estimate of drug-likeness (QED) is 0.684. The van der Waals surface area contributed by atoms with Crippen LogP contribution >= 0.6 is 0 Å². The molecule has 0 radical (unpaired) electrons. The first-order valence-corrected chi connectivity index (χ1v) is 8.43. The topological polar surface area (TPSA) is 49.3 Å². The number of nitrogens with zero attached hydrogens (tertiary/aromatic N) is 4. The van der Waals surface area contributed by atoms with Gasteiger partial charge in [0.1, 0.15) is 11.5 Å². The number of fused-ring (bicyclic) bond motifs is 1. The molecule has 134 valence electrons. The zero-order valence-corrected chi connectivity index (χ0v) is 14.9. The SMILES string of the molecule is CN(C)CCN(Cc1ccccc1F)C(=O)c1nccc2ncccc12. The van der Waals surface area contributed by atoms with Gasteiger partial charge in [-0.3, -0.25) is 14.8 Å². The Kier molecular flexibility index (Phi) is 5.53. The summed E-state index contributed by atoms with van der Waals surface area (Å²) in [4.78, 5) is 25.4. The van der Waals surface area contributed by atoms with E-state index in [1.54, 1.807) is 47.6 Å². The number of carbonyl (C=O) groups excluding carboxylic acids is 1. The van der Waals surface area contributed by atoms with E-state index in [1.165, 1.54) is 6.07 Å². The summed E-state index contributed by atoms with van der Waals surface area (Å²) in [5.74, 6) is -0.545. The summed E-state index contributed by atoms with van der Waals surface area (Å²) in [6, 6.07) is 11.9. The molecule has 0 saturated heterocycles. The summed E-state index contributed by atoms with van der Waals surface area (Å²) in [7, 11) is 3.87. The van der Waals surface area contributed by atoms with E-state index in [1.807, 2.05) is 25.1 Å². The average Bonchev–Trinajstić information content (AvgIpc) is 2.65. The van der Waals surface area contributed by atoms with Crippen LogP contribution in [0.25, 0.3) is 10.9 Å². The fraction of sp³-hybridized carbons (Fsp3) is 0.250. The Balaban J connectivity index is 1.94. The maximum Gasteiger partial charge on any atom is 0.273 e.